The number of amides is 2. The van der Waals surface area contributed by atoms with E-state index in [0.29, 0.717) is 25.7 Å². The molecule has 0 spiro atoms. The molecule has 4 aliphatic heterocycles. The number of esters is 2. The van der Waals surface area contributed by atoms with Gasteiger partial charge in [0, 0.05) is 25.7 Å². The lowest BCUT2D eigenvalue weighted by atomic mass is 9.94. The Bertz CT molecular complexity index is 674. The van der Waals surface area contributed by atoms with Gasteiger partial charge in [0.15, 0.2) is 0 Å². The van der Waals surface area contributed by atoms with Crippen LogP contribution in [-0.4, -0.2) is 83.3 Å². The van der Waals surface area contributed by atoms with E-state index in [-0.39, 0.29) is 51.0 Å². The summed E-state index contributed by atoms with van der Waals surface area (Å²) in [5, 5.41) is 0. The summed E-state index contributed by atoms with van der Waals surface area (Å²) in [6, 6.07) is 0. The number of hydrogen-bond donors (Lipinski definition) is 0. The maximum absolute atomic E-state index is 13.3. The lowest BCUT2D eigenvalue weighted by molar-refractivity contribution is -0.157. The molecule has 0 unspecified atom stereocenters. The SMILES string of the molecule is CCOC(=O)[C@@]12CCC(=O)N1C[C@@H](F)C2.CCOC(=O)[C@@]12CCC(=O)N1C[C@H](F)C2. The number of hydrogen-bond acceptors (Lipinski definition) is 6. The molecule has 0 aliphatic carbocycles. The Morgan fingerprint density at radius 1 is 0.867 bits per heavy atom. The van der Waals surface area contributed by atoms with Crippen LogP contribution in [0.5, 0.6) is 0 Å². The summed E-state index contributed by atoms with van der Waals surface area (Å²) in [6.07, 6.45) is -0.570. The van der Waals surface area contributed by atoms with Crippen LogP contribution in [0, 0.1) is 0 Å². The number of nitrogens with zero attached hydrogens (tertiary/aromatic N) is 2. The van der Waals surface area contributed by atoms with Crippen LogP contribution in [0.1, 0.15) is 52.4 Å². The summed E-state index contributed by atoms with van der Waals surface area (Å²) >= 11 is 0. The topological polar surface area (TPSA) is 93.2 Å². The van der Waals surface area contributed by atoms with Crippen molar-refractivity contribution >= 4 is 23.8 Å². The van der Waals surface area contributed by atoms with Crippen LogP contribution in [0.3, 0.4) is 0 Å². The fraction of sp³-hybridized carbons (Fsp3) is 0.800. The Balaban J connectivity index is 0.000000171. The number of halogens is 2. The smallest absolute Gasteiger partial charge is 0.332 e. The molecule has 0 bridgehead atoms. The molecule has 0 saturated carbocycles. The molecule has 0 aromatic carbocycles. The summed E-state index contributed by atoms with van der Waals surface area (Å²) in [5.74, 6) is -1.17. The van der Waals surface area contributed by atoms with E-state index in [1.165, 1.54) is 9.80 Å². The van der Waals surface area contributed by atoms with Gasteiger partial charge in [-0.05, 0) is 26.7 Å². The fourth-order valence-corrected chi connectivity index (χ4v) is 5.00. The van der Waals surface area contributed by atoms with Gasteiger partial charge in [0.1, 0.15) is 23.4 Å². The standard InChI is InChI=1S/2C10H14FNO3/c2*1-2-15-9(14)10-4-3-8(13)12(10)6-7(11)5-10/h2*7H,2-6H2,1H3/t7-,10+;7-,10-/m10/s1. The minimum absolute atomic E-state index is 0.0393. The van der Waals surface area contributed by atoms with Gasteiger partial charge >= 0.3 is 11.9 Å². The van der Waals surface area contributed by atoms with Crippen molar-refractivity contribution in [2.24, 2.45) is 0 Å². The summed E-state index contributed by atoms with van der Waals surface area (Å²) in [4.78, 5) is 49.2. The van der Waals surface area contributed by atoms with E-state index < -0.39 is 35.4 Å². The fourth-order valence-electron chi connectivity index (χ4n) is 5.00. The zero-order chi connectivity index (χ0) is 22.1. The van der Waals surface area contributed by atoms with Crippen molar-refractivity contribution in [3.63, 3.8) is 0 Å². The second-order valence-electron chi connectivity index (χ2n) is 8.12. The second kappa shape index (κ2) is 8.47. The number of rotatable bonds is 4. The van der Waals surface area contributed by atoms with Gasteiger partial charge in [-0.25, -0.2) is 18.4 Å². The van der Waals surface area contributed by atoms with Crippen molar-refractivity contribution in [1.82, 2.24) is 9.80 Å². The van der Waals surface area contributed by atoms with Crippen LogP contribution in [0.4, 0.5) is 8.78 Å². The average Bonchev–Trinajstić information content (AvgIpc) is 3.39. The third-order valence-corrected chi connectivity index (χ3v) is 6.33. The van der Waals surface area contributed by atoms with Gasteiger partial charge in [-0.15, -0.1) is 0 Å². The molecule has 0 aromatic heterocycles. The van der Waals surface area contributed by atoms with Crippen molar-refractivity contribution < 1.29 is 37.4 Å². The van der Waals surface area contributed by atoms with Gasteiger partial charge in [0.2, 0.25) is 11.8 Å². The molecule has 0 N–H and O–H groups in total. The van der Waals surface area contributed by atoms with Crippen LogP contribution in [0.15, 0.2) is 0 Å². The molecule has 4 fully saturated rings. The number of fused-ring (bicyclic) bond motifs is 2. The van der Waals surface area contributed by atoms with E-state index in [0.717, 1.165) is 0 Å². The third kappa shape index (κ3) is 3.65. The monoisotopic (exact) mass is 430 g/mol. The molecule has 4 saturated heterocycles. The van der Waals surface area contributed by atoms with E-state index in [2.05, 4.69) is 0 Å². The minimum Gasteiger partial charge on any atom is -0.464 e. The molecule has 2 amide bonds. The lowest BCUT2D eigenvalue weighted by Crippen LogP contribution is -2.48. The number of carbonyl (C=O) groups excluding carboxylic acids is 4. The van der Waals surface area contributed by atoms with Gasteiger partial charge in [-0.2, -0.15) is 0 Å². The van der Waals surface area contributed by atoms with Crippen LogP contribution in [0.2, 0.25) is 0 Å². The van der Waals surface area contributed by atoms with E-state index in [4.69, 9.17) is 9.47 Å². The van der Waals surface area contributed by atoms with E-state index in [1.807, 2.05) is 0 Å². The summed E-state index contributed by atoms with van der Waals surface area (Å²) < 4.78 is 36.4. The van der Waals surface area contributed by atoms with Crippen molar-refractivity contribution in [3.8, 4) is 0 Å². The molecule has 4 rings (SSSR count). The highest BCUT2D eigenvalue weighted by atomic mass is 19.1. The van der Waals surface area contributed by atoms with Gasteiger partial charge in [-0.1, -0.05) is 0 Å². The largest absolute Gasteiger partial charge is 0.464 e. The maximum Gasteiger partial charge on any atom is 0.332 e. The van der Waals surface area contributed by atoms with E-state index in [1.54, 1.807) is 13.8 Å². The predicted octanol–water partition coefficient (Wildman–Crippen LogP) is 1.30. The second-order valence-corrected chi connectivity index (χ2v) is 8.12. The molecule has 10 heteroatoms. The van der Waals surface area contributed by atoms with Crippen molar-refractivity contribution in [3.05, 3.63) is 0 Å². The molecule has 4 heterocycles. The van der Waals surface area contributed by atoms with Crippen LogP contribution in [-0.2, 0) is 28.7 Å². The highest BCUT2D eigenvalue weighted by molar-refractivity contribution is 5.93. The lowest BCUT2D eigenvalue weighted by Gasteiger charge is -2.28. The molecule has 0 aromatic rings. The van der Waals surface area contributed by atoms with E-state index >= 15 is 0 Å². The first kappa shape index (κ1) is 22.4. The maximum atomic E-state index is 13.3. The first-order chi connectivity index (χ1) is 14.2. The Morgan fingerprint density at radius 2 is 1.23 bits per heavy atom. The number of alkyl halides is 2. The average molecular weight is 430 g/mol. The predicted molar refractivity (Wildman–Crippen MR) is 99.6 cm³/mol. The number of ether oxygens (including phenoxy) is 2. The van der Waals surface area contributed by atoms with Gasteiger partial charge < -0.3 is 19.3 Å². The minimum atomic E-state index is -1.10. The molecule has 0 radical (unpaired) electrons. The van der Waals surface area contributed by atoms with Crippen molar-refractivity contribution in [2.45, 2.75) is 75.8 Å². The summed E-state index contributed by atoms with van der Waals surface area (Å²) in [5.41, 5.74) is -1.99. The molecule has 168 valence electrons. The molecular weight excluding hydrogens is 402 g/mol. The van der Waals surface area contributed by atoms with Crippen LogP contribution < -0.4 is 0 Å². The molecule has 8 nitrogen and oxygen atoms in total. The molecular formula is C20H28F2N2O6. The Labute approximate surface area is 173 Å². The molecule has 4 aliphatic rings. The van der Waals surface area contributed by atoms with Crippen LogP contribution in [0.25, 0.3) is 0 Å². The van der Waals surface area contributed by atoms with E-state index in [9.17, 15) is 28.0 Å². The van der Waals surface area contributed by atoms with Gasteiger partial charge in [0.05, 0.1) is 26.3 Å². The highest BCUT2D eigenvalue weighted by Crippen LogP contribution is 2.42. The van der Waals surface area contributed by atoms with Crippen molar-refractivity contribution in [1.29, 1.82) is 0 Å². The van der Waals surface area contributed by atoms with Gasteiger partial charge in [0.25, 0.3) is 0 Å². The van der Waals surface area contributed by atoms with Crippen LogP contribution >= 0.6 is 0 Å². The Hall–Kier alpha value is -2.26. The molecule has 30 heavy (non-hydrogen) atoms. The highest BCUT2D eigenvalue weighted by Gasteiger charge is 2.59. The summed E-state index contributed by atoms with van der Waals surface area (Å²) in [7, 11) is 0. The molecule has 4 atom stereocenters. The first-order valence-corrected chi connectivity index (χ1v) is 10.4. The zero-order valence-electron chi connectivity index (χ0n) is 17.3. The zero-order valence-corrected chi connectivity index (χ0v) is 17.3. The van der Waals surface area contributed by atoms with Gasteiger partial charge in [-0.3, -0.25) is 9.59 Å². The Morgan fingerprint density at radius 3 is 1.57 bits per heavy atom. The van der Waals surface area contributed by atoms with Crippen molar-refractivity contribution in [2.75, 3.05) is 26.3 Å². The third-order valence-electron chi connectivity index (χ3n) is 6.33. The summed E-state index contributed by atoms with van der Waals surface area (Å²) in [6.45, 7) is 4.02. The first-order valence-electron chi connectivity index (χ1n) is 10.4. The quantitative estimate of drug-likeness (QED) is 0.625. The number of carbonyl (C=O) groups is 4. The normalized spacial score (nSPS) is 34.4. The Kier molecular flexibility index (Phi) is 6.33.